The first-order valence-corrected chi connectivity index (χ1v) is 16.6. The van der Waals surface area contributed by atoms with Crippen LogP contribution < -0.4 is 0 Å². The van der Waals surface area contributed by atoms with E-state index in [9.17, 15) is 0 Å². The summed E-state index contributed by atoms with van der Waals surface area (Å²) in [5.41, 5.74) is 12.0. The Morgan fingerprint density at radius 1 is 0.380 bits per heavy atom. The van der Waals surface area contributed by atoms with Crippen molar-refractivity contribution in [3.63, 3.8) is 0 Å². The standard InChI is InChI=1S/C45H27N3O2/c1-2-10-29(11-3-1)45-47-38(31-13-8-12-30(26-31)28-22-24-46-25-23-28)27-39(48-45)36-21-20-33(42-37-15-5-7-19-41(37)50-44(36)42)35-17-9-16-34-32-14-4-6-18-40(32)49-43(34)35/h1-27H. The van der Waals surface area contributed by atoms with E-state index in [0.717, 1.165) is 94.2 Å². The zero-order valence-corrected chi connectivity index (χ0v) is 26.7. The molecule has 0 radical (unpaired) electrons. The van der Waals surface area contributed by atoms with Gasteiger partial charge in [-0.25, -0.2) is 9.97 Å². The second-order valence-corrected chi connectivity index (χ2v) is 12.4. The number of rotatable bonds is 5. The SMILES string of the molecule is c1ccc(-c2nc(-c3cccc(-c4ccncc4)c3)cc(-c3ccc(-c4cccc5c4oc4ccccc45)c4c3oc3ccccc34)n2)cc1. The van der Waals surface area contributed by atoms with Gasteiger partial charge in [0.15, 0.2) is 5.82 Å². The molecular weight excluding hydrogens is 615 g/mol. The lowest BCUT2D eigenvalue weighted by molar-refractivity contribution is 0.669. The molecule has 0 aliphatic rings. The van der Waals surface area contributed by atoms with Gasteiger partial charge in [0.2, 0.25) is 0 Å². The van der Waals surface area contributed by atoms with Crippen molar-refractivity contribution in [1.29, 1.82) is 0 Å². The summed E-state index contributed by atoms with van der Waals surface area (Å²) in [5, 5.41) is 4.25. The van der Waals surface area contributed by atoms with Crippen molar-refractivity contribution in [2.24, 2.45) is 0 Å². The van der Waals surface area contributed by atoms with Gasteiger partial charge in [0.25, 0.3) is 0 Å². The van der Waals surface area contributed by atoms with Crippen LogP contribution >= 0.6 is 0 Å². The Morgan fingerprint density at radius 2 is 1.02 bits per heavy atom. The number of nitrogens with zero attached hydrogens (tertiary/aromatic N) is 3. The number of hydrogen-bond donors (Lipinski definition) is 0. The molecule has 6 aromatic carbocycles. The van der Waals surface area contributed by atoms with Crippen LogP contribution in [0.5, 0.6) is 0 Å². The van der Waals surface area contributed by atoms with E-state index < -0.39 is 0 Å². The summed E-state index contributed by atoms with van der Waals surface area (Å²) in [6.07, 6.45) is 3.63. The van der Waals surface area contributed by atoms with Gasteiger partial charge < -0.3 is 8.83 Å². The van der Waals surface area contributed by atoms with Crippen molar-refractivity contribution >= 4 is 43.9 Å². The van der Waals surface area contributed by atoms with Gasteiger partial charge in [-0.1, -0.05) is 109 Å². The molecule has 0 N–H and O–H groups in total. The summed E-state index contributed by atoms with van der Waals surface area (Å²) < 4.78 is 13.2. The van der Waals surface area contributed by atoms with Crippen LogP contribution in [0.4, 0.5) is 0 Å². The van der Waals surface area contributed by atoms with Crippen LogP contribution in [-0.2, 0) is 0 Å². The molecule has 10 rings (SSSR count). The number of fused-ring (bicyclic) bond motifs is 6. The second kappa shape index (κ2) is 11.4. The van der Waals surface area contributed by atoms with Crippen molar-refractivity contribution in [2.75, 3.05) is 0 Å². The number of furan rings is 2. The number of aromatic nitrogens is 3. The fraction of sp³-hybridized carbons (Fsp3) is 0. The van der Waals surface area contributed by atoms with Crippen LogP contribution in [0.2, 0.25) is 0 Å². The molecule has 0 bridgehead atoms. The molecule has 0 spiro atoms. The van der Waals surface area contributed by atoms with Crippen molar-refractivity contribution in [3.05, 3.63) is 164 Å². The van der Waals surface area contributed by atoms with E-state index in [0.29, 0.717) is 5.82 Å². The Hall–Kier alpha value is -6.85. The summed E-state index contributed by atoms with van der Waals surface area (Å²) in [5.74, 6) is 0.646. The molecule has 5 heteroatoms. The Morgan fingerprint density at radius 3 is 1.88 bits per heavy atom. The molecule has 234 valence electrons. The number of benzene rings is 6. The molecule has 0 atom stereocenters. The summed E-state index contributed by atoms with van der Waals surface area (Å²) in [6, 6.07) is 51.7. The van der Waals surface area contributed by atoms with Crippen LogP contribution in [-0.4, -0.2) is 15.0 Å². The second-order valence-electron chi connectivity index (χ2n) is 12.4. The molecule has 10 aromatic rings. The monoisotopic (exact) mass is 641 g/mol. The van der Waals surface area contributed by atoms with Gasteiger partial charge in [0, 0.05) is 56.2 Å². The number of pyridine rings is 1. The molecule has 0 fully saturated rings. The lowest BCUT2D eigenvalue weighted by Gasteiger charge is -2.12. The third-order valence-corrected chi connectivity index (χ3v) is 9.43. The molecule has 50 heavy (non-hydrogen) atoms. The fourth-order valence-corrected chi connectivity index (χ4v) is 7.07. The van der Waals surface area contributed by atoms with Gasteiger partial charge >= 0.3 is 0 Å². The van der Waals surface area contributed by atoms with E-state index in [1.165, 1.54) is 0 Å². The molecule has 0 aliphatic heterocycles. The third-order valence-electron chi connectivity index (χ3n) is 9.43. The summed E-state index contributed by atoms with van der Waals surface area (Å²) in [7, 11) is 0. The lowest BCUT2D eigenvalue weighted by Crippen LogP contribution is -1.96. The predicted molar refractivity (Wildman–Crippen MR) is 202 cm³/mol. The zero-order chi connectivity index (χ0) is 33.0. The highest BCUT2D eigenvalue weighted by molar-refractivity contribution is 6.19. The normalized spacial score (nSPS) is 11.6. The first-order chi connectivity index (χ1) is 24.8. The Balaban J connectivity index is 1.22. The molecule has 0 unspecified atom stereocenters. The predicted octanol–water partition coefficient (Wildman–Crippen LogP) is 12.0. The van der Waals surface area contributed by atoms with Gasteiger partial charge in [-0.05, 0) is 59.2 Å². The third kappa shape index (κ3) is 4.60. The van der Waals surface area contributed by atoms with Gasteiger partial charge in [0.1, 0.15) is 22.3 Å². The smallest absolute Gasteiger partial charge is 0.160 e. The van der Waals surface area contributed by atoms with Crippen molar-refractivity contribution in [2.45, 2.75) is 0 Å². The van der Waals surface area contributed by atoms with Crippen LogP contribution in [0.3, 0.4) is 0 Å². The Labute approximate surface area is 287 Å². The fourth-order valence-electron chi connectivity index (χ4n) is 7.07. The van der Waals surface area contributed by atoms with Crippen LogP contribution in [0.25, 0.3) is 100 Å². The molecule has 0 aliphatic carbocycles. The average molecular weight is 642 g/mol. The van der Waals surface area contributed by atoms with E-state index in [1.54, 1.807) is 0 Å². The van der Waals surface area contributed by atoms with Crippen molar-refractivity contribution in [1.82, 2.24) is 15.0 Å². The average Bonchev–Trinajstić information content (AvgIpc) is 3.77. The van der Waals surface area contributed by atoms with Crippen LogP contribution in [0.15, 0.2) is 173 Å². The maximum atomic E-state index is 6.74. The first-order valence-electron chi connectivity index (χ1n) is 16.6. The summed E-state index contributed by atoms with van der Waals surface area (Å²) in [4.78, 5) is 14.5. The van der Waals surface area contributed by atoms with Gasteiger partial charge in [-0.2, -0.15) is 0 Å². The molecular formula is C45H27N3O2. The van der Waals surface area contributed by atoms with Gasteiger partial charge in [0.05, 0.1) is 11.4 Å². The minimum atomic E-state index is 0.646. The van der Waals surface area contributed by atoms with Crippen LogP contribution in [0.1, 0.15) is 0 Å². The molecule has 0 amide bonds. The van der Waals surface area contributed by atoms with Crippen molar-refractivity contribution < 1.29 is 8.83 Å². The van der Waals surface area contributed by atoms with E-state index in [1.807, 2.05) is 79.1 Å². The molecule has 0 saturated heterocycles. The van der Waals surface area contributed by atoms with E-state index in [4.69, 9.17) is 18.8 Å². The van der Waals surface area contributed by atoms with Gasteiger partial charge in [-0.3, -0.25) is 4.98 Å². The number of para-hydroxylation sites is 3. The van der Waals surface area contributed by atoms with E-state index in [2.05, 4.69) is 89.9 Å². The van der Waals surface area contributed by atoms with Crippen LogP contribution in [0, 0.1) is 0 Å². The topological polar surface area (TPSA) is 65.0 Å². The number of hydrogen-bond acceptors (Lipinski definition) is 5. The minimum absolute atomic E-state index is 0.646. The Kier molecular flexibility index (Phi) is 6.42. The van der Waals surface area contributed by atoms with E-state index in [-0.39, 0.29) is 0 Å². The molecule has 4 heterocycles. The summed E-state index contributed by atoms with van der Waals surface area (Å²) in [6.45, 7) is 0. The largest absolute Gasteiger partial charge is 0.455 e. The van der Waals surface area contributed by atoms with E-state index >= 15 is 0 Å². The van der Waals surface area contributed by atoms with Crippen molar-refractivity contribution in [3.8, 4) is 56.2 Å². The lowest BCUT2D eigenvalue weighted by atomic mass is 9.94. The molecule has 5 nitrogen and oxygen atoms in total. The highest BCUT2D eigenvalue weighted by atomic mass is 16.3. The summed E-state index contributed by atoms with van der Waals surface area (Å²) >= 11 is 0. The Bertz CT molecular complexity index is 2870. The highest BCUT2D eigenvalue weighted by Gasteiger charge is 2.22. The maximum Gasteiger partial charge on any atom is 0.160 e. The zero-order valence-electron chi connectivity index (χ0n) is 26.7. The first kappa shape index (κ1) is 28.2. The maximum absolute atomic E-state index is 6.74. The quantitative estimate of drug-likeness (QED) is 0.187. The molecule has 0 saturated carbocycles. The minimum Gasteiger partial charge on any atom is -0.455 e. The van der Waals surface area contributed by atoms with Gasteiger partial charge in [-0.15, -0.1) is 0 Å². The molecule has 4 aromatic heterocycles. The highest BCUT2D eigenvalue weighted by Crippen LogP contribution is 2.45.